The van der Waals surface area contributed by atoms with Crippen LogP contribution < -0.4 is 5.46 Å². The van der Waals surface area contributed by atoms with Gasteiger partial charge in [-0.25, -0.2) is 0 Å². The van der Waals surface area contributed by atoms with Crippen LogP contribution in [0.3, 0.4) is 0 Å². The molecule has 0 spiro atoms. The lowest BCUT2D eigenvalue weighted by Crippen LogP contribution is -2.41. The normalized spacial score (nSPS) is 19.0. The van der Waals surface area contributed by atoms with Crippen molar-refractivity contribution in [1.29, 1.82) is 10.5 Å². The quantitative estimate of drug-likeness (QED) is 0.801. The first-order valence-corrected chi connectivity index (χ1v) is 7.50. The standard InChI is InChI=1S/C17H21BN2O2/c1-16(2)17(3,4)22-18(21-16)15-7-5-6-14(12-15)13(8-10-19)9-11-20/h5-7,12-13H,8-9H2,1-4H3. The summed E-state index contributed by atoms with van der Waals surface area (Å²) in [5.41, 5.74) is 1.14. The molecule has 1 aliphatic rings. The summed E-state index contributed by atoms with van der Waals surface area (Å²) < 4.78 is 12.1. The molecule has 114 valence electrons. The predicted molar refractivity (Wildman–Crippen MR) is 85.4 cm³/mol. The summed E-state index contributed by atoms with van der Waals surface area (Å²) in [4.78, 5) is 0. The van der Waals surface area contributed by atoms with E-state index in [-0.39, 0.29) is 17.1 Å². The summed E-state index contributed by atoms with van der Waals surface area (Å²) in [6, 6.07) is 12.1. The SMILES string of the molecule is CC1(C)OB(c2cccc(C(CC#N)CC#N)c2)OC1(C)C. The Morgan fingerprint density at radius 3 is 2.09 bits per heavy atom. The molecule has 0 aromatic heterocycles. The molecule has 0 unspecified atom stereocenters. The fraction of sp³-hybridized carbons (Fsp3) is 0.529. The van der Waals surface area contributed by atoms with E-state index >= 15 is 0 Å². The maximum Gasteiger partial charge on any atom is 0.494 e. The number of rotatable bonds is 4. The fourth-order valence-electron chi connectivity index (χ4n) is 2.47. The van der Waals surface area contributed by atoms with Crippen molar-refractivity contribution in [3.8, 4) is 12.1 Å². The van der Waals surface area contributed by atoms with Crippen LogP contribution in [0, 0.1) is 22.7 Å². The molecule has 1 fully saturated rings. The van der Waals surface area contributed by atoms with Gasteiger partial charge in [0, 0.05) is 18.8 Å². The zero-order valence-corrected chi connectivity index (χ0v) is 13.6. The minimum absolute atomic E-state index is 0.0719. The van der Waals surface area contributed by atoms with Gasteiger partial charge in [0.05, 0.1) is 23.3 Å². The average Bonchev–Trinajstić information content (AvgIpc) is 2.67. The number of benzene rings is 1. The Labute approximate surface area is 132 Å². The third-order valence-electron chi connectivity index (χ3n) is 4.58. The van der Waals surface area contributed by atoms with E-state index in [2.05, 4.69) is 12.1 Å². The summed E-state index contributed by atoms with van der Waals surface area (Å²) in [7, 11) is -0.422. The second-order valence-electron chi connectivity index (χ2n) is 6.68. The second-order valence-corrected chi connectivity index (χ2v) is 6.68. The van der Waals surface area contributed by atoms with Gasteiger partial charge in [-0.05, 0) is 38.7 Å². The Morgan fingerprint density at radius 2 is 1.59 bits per heavy atom. The summed E-state index contributed by atoms with van der Waals surface area (Å²) >= 11 is 0. The molecular formula is C17H21BN2O2. The van der Waals surface area contributed by atoms with Crippen LogP contribution in [0.25, 0.3) is 0 Å². The summed E-state index contributed by atoms with van der Waals surface area (Å²) in [6.07, 6.45) is 0.667. The molecule has 0 radical (unpaired) electrons. The van der Waals surface area contributed by atoms with Crippen molar-refractivity contribution in [1.82, 2.24) is 0 Å². The Morgan fingerprint density at radius 1 is 1.05 bits per heavy atom. The number of hydrogen-bond donors (Lipinski definition) is 0. The van der Waals surface area contributed by atoms with Crippen molar-refractivity contribution in [2.24, 2.45) is 0 Å². The molecule has 22 heavy (non-hydrogen) atoms. The summed E-state index contributed by atoms with van der Waals surface area (Å²) in [6.45, 7) is 8.08. The predicted octanol–water partition coefficient (Wildman–Crippen LogP) is 2.90. The van der Waals surface area contributed by atoms with E-state index in [1.165, 1.54) is 0 Å². The summed E-state index contributed by atoms with van der Waals surface area (Å²) in [5, 5.41) is 17.9. The Balaban J connectivity index is 2.27. The van der Waals surface area contributed by atoms with E-state index in [9.17, 15) is 0 Å². The van der Waals surface area contributed by atoms with Gasteiger partial charge in [-0.2, -0.15) is 10.5 Å². The van der Waals surface area contributed by atoms with Crippen LogP contribution in [0.5, 0.6) is 0 Å². The molecule has 1 aromatic carbocycles. The van der Waals surface area contributed by atoms with Gasteiger partial charge in [-0.15, -0.1) is 0 Å². The molecule has 1 aromatic rings. The highest BCUT2D eigenvalue weighted by Crippen LogP contribution is 2.36. The maximum atomic E-state index is 8.93. The Hall–Kier alpha value is -1.82. The van der Waals surface area contributed by atoms with E-state index in [4.69, 9.17) is 19.8 Å². The van der Waals surface area contributed by atoms with Gasteiger partial charge in [0.1, 0.15) is 0 Å². The van der Waals surface area contributed by atoms with Crippen molar-refractivity contribution in [3.63, 3.8) is 0 Å². The lowest BCUT2D eigenvalue weighted by Gasteiger charge is -2.32. The highest BCUT2D eigenvalue weighted by Gasteiger charge is 2.51. The number of nitriles is 2. The molecule has 0 N–H and O–H groups in total. The first kappa shape index (κ1) is 16.6. The molecule has 2 rings (SSSR count). The van der Waals surface area contributed by atoms with Crippen LogP contribution >= 0.6 is 0 Å². The van der Waals surface area contributed by atoms with Gasteiger partial charge >= 0.3 is 7.12 Å². The molecular weight excluding hydrogens is 275 g/mol. The molecule has 0 bridgehead atoms. The molecule has 1 heterocycles. The van der Waals surface area contributed by atoms with E-state index in [1.54, 1.807) is 0 Å². The van der Waals surface area contributed by atoms with Crippen molar-refractivity contribution < 1.29 is 9.31 Å². The topological polar surface area (TPSA) is 66.0 Å². The second kappa shape index (κ2) is 6.12. The molecule has 0 amide bonds. The monoisotopic (exact) mass is 296 g/mol. The number of nitrogens with zero attached hydrogens (tertiary/aromatic N) is 2. The maximum absolute atomic E-state index is 8.93. The zero-order chi connectivity index (χ0) is 16.4. The fourth-order valence-corrected chi connectivity index (χ4v) is 2.47. The Kier molecular flexibility index (Phi) is 4.61. The minimum Gasteiger partial charge on any atom is -0.399 e. The lowest BCUT2D eigenvalue weighted by atomic mass is 9.77. The molecule has 0 saturated carbocycles. The molecule has 0 atom stereocenters. The van der Waals surface area contributed by atoms with E-state index in [1.807, 2.05) is 52.0 Å². The van der Waals surface area contributed by atoms with Crippen LogP contribution in [0.15, 0.2) is 24.3 Å². The average molecular weight is 296 g/mol. The number of hydrogen-bond acceptors (Lipinski definition) is 4. The van der Waals surface area contributed by atoms with Crippen molar-refractivity contribution >= 4 is 12.6 Å². The highest BCUT2D eigenvalue weighted by molar-refractivity contribution is 6.62. The van der Waals surface area contributed by atoms with Crippen LogP contribution in [0.2, 0.25) is 0 Å². The van der Waals surface area contributed by atoms with Crippen LogP contribution in [0.1, 0.15) is 52.0 Å². The van der Waals surface area contributed by atoms with Gasteiger partial charge in [-0.1, -0.05) is 24.3 Å². The van der Waals surface area contributed by atoms with E-state index in [0.717, 1.165) is 11.0 Å². The van der Waals surface area contributed by atoms with Crippen LogP contribution in [-0.4, -0.2) is 18.3 Å². The van der Waals surface area contributed by atoms with Gasteiger partial charge in [-0.3, -0.25) is 0 Å². The van der Waals surface area contributed by atoms with Gasteiger partial charge in [0.25, 0.3) is 0 Å². The lowest BCUT2D eigenvalue weighted by molar-refractivity contribution is 0.00578. The summed E-state index contributed by atoms with van der Waals surface area (Å²) in [5.74, 6) is -0.0719. The van der Waals surface area contributed by atoms with E-state index < -0.39 is 7.12 Å². The smallest absolute Gasteiger partial charge is 0.399 e. The third kappa shape index (κ3) is 3.17. The molecule has 1 aliphatic heterocycles. The van der Waals surface area contributed by atoms with Gasteiger partial charge in [0.15, 0.2) is 0 Å². The van der Waals surface area contributed by atoms with Crippen molar-refractivity contribution in [2.45, 2.75) is 57.7 Å². The molecule has 0 aliphatic carbocycles. The molecule has 1 saturated heterocycles. The zero-order valence-electron chi connectivity index (χ0n) is 13.6. The third-order valence-corrected chi connectivity index (χ3v) is 4.58. The largest absolute Gasteiger partial charge is 0.494 e. The van der Waals surface area contributed by atoms with Crippen LogP contribution in [-0.2, 0) is 9.31 Å². The Bertz CT molecular complexity index is 596. The van der Waals surface area contributed by atoms with Crippen molar-refractivity contribution in [2.75, 3.05) is 0 Å². The van der Waals surface area contributed by atoms with Crippen LogP contribution in [0.4, 0.5) is 0 Å². The molecule has 4 nitrogen and oxygen atoms in total. The molecule has 5 heteroatoms. The van der Waals surface area contributed by atoms with Gasteiger partial charge < -0.3 is 9.31 Å². The van der Waals surface area contributed by atoms with Gasteiger partial charge in [0.2, 0.25) is 0 Å². The highest BCUT2D eigenvalue weighted by atomic mass is 16.7. The first-order valence-electron chi connectivity index (χ1n) is 7.50. The first-order chi connectivity index (χ1) is 10.3. The van der Waals surface area contributed by atoms with E-state index in [0.29, 0.717) is 12.8 Å². The minimum atomic E-state index is -0.422. The van der Waals surface area contributed by atoms with Crippen molar-refractivity contribution in [3.05, 3.63) is 29.8 Å².